The van der Waals surface area contributed by atoms with Crippen molar-refractivity contribution < 1.29 is 30.8 Å². The Bertz CT molecular complexity index is 927. The van der Waals surface area contributed by atoms with E-state index >= 15 is 0 Å². The van der Waals surface area contributed by atoms with E-state index in [1.807, 2.05) is 4.72 Å². The third kappa shape index (κ3) is 5.02. The molecule has 2 N–H and O–H groups in total. The van der Waals surface area contributed by atoms with Crippen molar-refractivity contribution in [3.8, 4) is 0 Å². The first-order valence-corrected chi connectivity index (χ1v) is 8.70. The van der Waals surface area contributed by atoms with Gasteiger partial charge in [0.2, 0.25) is 15.9 Å². The molecule has 0 aliphatic heterocycles. The first kappa shape index (κ1) is 19.9. The molecule has 0 radical (unpaired) electrons. The Labute approximate surface area is 147 Å². The normalized spacial score (nSPS) is 12.0. The number of carbonyl (C=O) groups is 1. The first-order chi connectivity index (χ1) is 12.0. The number of nitrogens with one attached hydrogen (secondary N) is 2. The summed E-state index contributed by atoms with van der Waals surface area (Å²) < 4.78 is 77.9. The molecular weight excluding hydrogens is 376 g/mol. The molecule has 2 rings (SSSR count). The van der Waals surface area contributed by atoms with Crippen LogP contribution in [0.5, 0.6) is 0 Å². The van der Waals surface area contributed by atoms with Crippen LogP contribution >= 0.6 is 0 Å². The van der Waals surface area contributed by atoms with Crippen LogP contribution in [0.15, 0.2) is 47.4 Å². The summed E-state index contributed by atoms with van der Waals surface area (Å²) in [6.45, 7) is 0.479. The molecule has 0 heterocycles. The Morgan fingerprint density at radius 2 is 1.81 bits per heavy atom. The van der Waals surface area contributed by atoms with Crippen molar-refractivity contribution in [2.24, 2.45) is 0 Å². The van der Waals surface area contributed by atoms with E-state index in [-0.39, 0.29) is 11.3 Å². The van der Waals surface area contributed by atoms with Crippen LogP contribution in [0.2, 0.25) is 0 Å². The van der Waals surface area contributed by atoms with E-state index in [1.54, 1.807) is 0 Å². The van der Waals surface area contributed by atoms with Crippen LogP contribution in [-0.2, 0) is 21.0 Å². The number of hydrogen-bond donors (Lipinski definition) is 2. The molecule has 0 unspecified atom stereocenters. The van der Waals surface area contributed by atoms with Gasteiger partial charge in [0.25, 0.3) is 0 Å². The summed E-state index contributed by atoms with van der Waals surface area (Å²) >= 11 is 0. The maximum absolute atomic E-state index is 13.0. The van der Waals surface area contributed by atoms with E-state index in [1.165, 1.54) is 19.1 Å². The molecule has 0 aliphatic carbocycles. The lowest BCUT2D eigenvalue weighted by molar-refractivity contribution is -0.138. The zero-order valence-corrected chi connectivity index (χ0v) is 14.2. The van der Waals surface area contributed by atoms with Crippen molar-refractivity contribution in [1.82, 2.24) is 4.72 Å². The van der Waals surface area contributed by atoms with Crippen LogP contribution < -0.4 is 10.0 Å². The number of hydrogen-bond acceptors (Lipinski definition) is 3. The number of rotatable bonds is 5. The average Bonchev–Trinajstić information content (AvgIpc) is 2.52. The SMILES string of the molecule is Cc1ccc(S(=O)(=O)NCC(=O)Nc2cccc(F)c2)cc1C(F)(F)F. The number of halogens is 4. The quantitative estimate of drug-likeness (QED) is 0.771. The molecule has 0 saturated heterocycles. The molecular formula is C16H14F4N2O3S. The summed E-state index contributed by atoms with van der Waals surface area (Å²) in [7, 11) is -4.34. The van der Waals surface area contributed by atoms with Crippen molar-refractivity contribution >= 4 is 21.6 Å². The summed E-state index contributed by atoms with van der Waals surface area (Å²) in [6, 6.07) is 7.48. The van der Waals surface area contributed by atoms with Gasteiger partial charge in [0.1, 0.15) is 5.82 Å². The predicted octanol–water partition coefficient (Wildman–Crippen LogP) is 3.07. The van der Waals surface area contributed by atoms with Gasteiger partial charge >= 0.3 is 6.18 Å². The standard InChI is InChI=1S/C16H14F4N2O3S/c1-10-5-6-13(8-14(10)16(18,19)20)26(24,25)21-9-15(23)22-12-4-2-3-11(17)7-12/h2-8,21H,9H2,1H3,(H,22,23). The highest BCUT2D eigenvalue weighted by Gasteiger charge is 2.33. The maximum atomic E-state index is 13.0. The Morgan fingerprint density at radius 3 is 2.42 bits per heavy atom. The number of anilines is 1. The monoisotopic (exact) mass is 390 g/mol. The fraction of sp³-hybridized carbons (Fsp3) is 0.188. The van der Waals surface area contributed by atoms with Gasteiger partial charge in [-0.3, -0.25) is 4.79 Å². The van der Waals surface area contributed by atoms with Crippen LogP contribution in [-0.4, -0.2) is 20.9 Å². The average molecular weight is 390 g/mol. The third-order valence-electron chi connectivity index (χ3n) is 3.36. The molecule has 1 amide bonds. The lowest BCUT2D eigenvalue weighted by Gasteiger charge is -2.13. The second-order valence-electron chi connectivity index (χ2n) is 5.36. The minimum absolute atomic E-state index is 0.115. The smallest absolute Gasteiger partial charge is 0.325 e. The number of carbonyl (C=O) groups excluding carboxylic acids is 1. The summed E-state index contributed by atoms with van der Waals surface area (Å²) in [4.78, 5) is 11.1. The van der Waals surface area contributed by atoms with Gasteiger partial charge in [0, 0.05) is 5.69 Å². The van der Waals surface area contributed by atoms with Gasteiger partial charge in [0.05, 0.1) is 17.0 Å². The van der Waals surface area contributed by atoms with Crippen molar-refractivity contribution in [1.29, 1.82) is 0 Å². The van der Waals surface area contributed by atoms with Crippen molar-refractivity contribution in [2.75, 3.05) is 11.9 Å². The number of benzene rings is 2. The highest BCUT2D eigenvalue weighted by molar-refractivity contribution is 7.89. The third-order valence-corrected chi connectivity index (χ3v) is 4.75. The minimum atomic E-state index is -4.70. The molecule has 140 valence electrons. The zero-order chi connectivity index (χ0) is 19.5. The molecule has 0 saturated carbocycles. The number of sulfonamides is 1. The van der Waals surface area contributed by atoms with Crippen molar-refractivity contribution in [3.05, 3.63) is 59.4 Å². The Morgan fingerprint density at radius 1 is 1.12 bits per heavy atom. The topological polar surface area (TPSA) is 75.3 Å². The number of aryl methyl sites for hydroxylation is 1. The van der Waals surface area contributed by atoms with Gasteiger partial charge in [-0.1, -0.05) is 12.1 Å². The Balaban J connectivity index is 2.10. The molecule has 0 aliphatic rings. The van der Waals surface area contributed by atoms with E-state index in [9.17, 15) is 30.8 Å². The predicted molar refractivity (Wildman–Crippen MR) is 86.4 cm³/mol. The van der Waals surface area contributed by atoms with Crippen LogP contribution in [0.4, 0.5) is 23.2 Å². The second kappa shape index (κ2) is 7.42. The molecule has 5 nitrogen and oxygen atoms in total. The molecule has 2 aromatic carbocycles. The fourth-order valence-electron chi connectivity index (χ4n) is 2.09. The van der Waals surface area contributed by atoms with E-state index in [0.717, 1.165) is 24.3 Å². The van der Waals surface area contributed by atoms with Crippen LogP contribution in [0.1, 0.15) is 11.1 Å². The highest BCUT2D eigenvalue weighted by atomic mass is 32.2. The highest BCUT2D eigenvalue weighted by Crippen LogP contribution is 2.33. The number of amides is 1. The van der Waals surface area contributed by atoms with Crippen molar-refractivity contribution in [2.45, 2.75) is 18.0 Å². The fourth-order valence-corrected chi connectivity index (χ4v) is 3.10. The number of alkyl halides is 3. The Kier molecular flexibility index (Phi) is 5.67. The van der Waals surface area contributed by atoms with E-state index in [2.05, 4.69) is 5.32 Å². The van der Waals surface area contributed by atoms with Crippen molar-refractivity contribution in [3.63, 3.8) is 0 Å². The molecule has 2 aromatic rings. The Hall–Kier alpha value is -2.46. The van der Waals surface area contributed by atoms with E-state index < -0.39 is 44.9 Å². The van der Waals surface area contributed by atoms with E-state index in [0.29, 0.717) is 6.07 Å². The second-order valence-corrected chi connectivity index (χ2v) is 7.12. The summed E-state index contributed by atoms with van der Waals surface area (Å²) in [5.74, 6) is -1.40. The zero-order valence-electron chi connectivity index (χ0n) is 13.4. The summed E-state index contributed by atoms with van der Waals surface area (Å²) in [6.07, 6.45) is -4.70. The minimum Gasteiger partial charge on any atom is -0.325 e. The first-order valence-electron chi connectivity index (χ1n) is 7.22. The molecule has 0 spiro atoms. The summed E-state index contributed by atoms with van der Waals surface area (Å²) in [5, 5.41) is 2.27. The molecule has 0 atom stereocenters. The lowest BCUT2D eigenvalue weighted by Crippen LogP contribution is -2.33. The molecule has 10 heteroatoms. The van der Waals surface area contributed by atoms with Crippen LogP contribution in [0, 0.1) is 12.7 Å². The van der Waals surface area contributed by atoms with Gasteiger partial charge in [0.15, 0.2) is 0 Å². The van der Waals surface area contributed by atoms with Crippen LogP contribution in [0.3, 0.4) is 0 Å². The largest absolute Gasteiger partial charge is 0.416 e. The maximum Gasteiger partial charge on any atom is 0.416 e. The summed E-state index contributed by atoms with van der Waals surface area (Å²) in [5.41, 5.74) is -1.09. The molecule has 26 heavy (non-hydrogen) atoms. The lowest BCUT2D eigenvalue weighted by atomic mass is 10.1. The van der Waals surface area contributed by atoms with Gasteiger partial charge in [-0.25, -0.2) is 17.5 Å². The molecule has 0 bridgehead atoms. The molecule has 0 fully saturated rings. The van der Waals surface area contributed by atoms with Gasteiger partial charge in [-0.2, -0.15) is 13.2 Å². The van der Waals surface area contributed by atoms with Gasteiger partial charge in [-0.15, -0.1) is 0 Å². The van der Waals surface area contributed by atoms with E-state index in [4.69, 9.17) is 0 Å². The molecule has 0 aromatic heterocycles. The van der Waals surface area contributed by atoms with Gasteiger partial charge < -0.3 is 5.32 Å². The van der Waals surface area contributed by atoms with Gasteiger partial charge in [-0.05, 0) is 42.8 Å². The van der Waals surface area contributed by atoms with Crippen LogP contribution in [0.25, 0.3) is 0 Å².